The summed E-state index contributed by atoms with van der Waals surface area (Å²) in [6.45, 7) is 8.73. The second-order valence-electron chi connectivity index (χ2n) is 6.98. The lowest BCUT2D eigenvalue weighted by Crippen LogP contribution is -2.08. The van der Waals surface area contributed by atoms with E-state index in [0.717, 1.165) is 30.4 Å². The van der Waals surface area contributed by atoms with Gasteiger partial charge in [-0.2, -0.15) is 0 Å². The third-order valence-electron chi connectivity index (χ3n) is 5.07. The summed E-state index contributed by atoms with van der Waals surface area (Å²) in [6, 6.07) is 11.2. The van der Waals surface area contributed by atoms with Crippen LogP contribution in [-0.2, 0) is 4.74 Å². The van der Waals surface area contributed by atoms with Crippen LogP contribution in [0, 0.1) is 20.8 Å². The molecule has 5 nitrogen and oxygen atoms in total. The zero-order valence-electron chi connectivity index (χ0n) is 16.9. The fourth-order valence-corrected chi connectivity index (χ4v) is 3.07. The SMILES string of the molecule is CCCCCOC(=O)c1ccccc1-c1nnc(-c2ccc(C)c(C)c2C)o1. The van der Waals surface area contributed by atoms with Crippen molar-refractivity contribution in [3.05, 3.63) is 58.7 Å². The van der Waals surface area contributed by atoms with Gasteiger partial charge in [0, 0.05) is 5.56 Å². The fraction of sp³-hybridized carbons (Fsp3) is 0.348. The largest absolute Gasteiger partial charge is 0.462 e. The van der Waals surface area contributed by atoms with Crippen LogP contribution in [0.1, 0.15) is 53.2 Å². The van der Waals surface area contributed by atoms with Crippen LogP contribution < -0.4 is 0 Å². The zero-order valence-corrected chi connectivity index (χ0v) is 16.9. The Morgan fingerprint density at radius 3 is 2.39 bits per heavy atom. The number of ether oxygens (including phenoxy) is 1. The molecule has 0 atom stereocenters. The van der Waals surface area contributed by atoms with Crippen molar-refractivity contribution in [2.24, 2.45) is 0 Å². The smallest absolute Gasteiger partial charge is 0.338 e. The minimum absolute atomic E-state index is 0.314. The minimum Gasteiger partial charge on any atom is -0.462 e. The van der Waals surface area contributed by atoms with Crippen molar-refractivity contribution in [2.75, 3.05) is 6.61 Å². The number of carbonyl (C=O) groups is 1. The average molecular weight is 378 g/mol. The molecule has 2 aromatic carbocycles. The summed E-state index contributed by atoms with van der Waals surface area (Å²) in [7, 11) is 0. The molecule has 0 unspecified atom stereocenters. The van der Waals surface area contributed by atoms with Gasteiger partial charge >= 0.3 is 5.97 Å². The number of rotatable bonds is 7. The second-order valence-corrected chi connectivity index (χ2v) is 6.98. The molecule has 0 aliphatic carbocycles. The number of nitrogens with zero attached hydrogens (tertiary/aromatic N) is 2. The first-order chi connectivity index (χ1) is 13.5. The van der Waals surface area contributed by atoms with Crippen molar-refractivity contribution in [3.63, 3.8) is 0 Å². The van der Waals surface area contributed by atoms with Crippen molar-refractivity contribution in [3.8, 4) is 22.9 Å². The van der Waals surface area contributed by atoms with Crippen molar-refractivity contribution in [1.82, 2.24) is 10.2 Å². The molecule has 0 radical (unpaired) electrons. The maximum absolute atomic E-state index is 12.5. The van der Waals surface area contributed by atoms with Gasteiger partial charge in [-0.1, -0.05) is 38.0 Å². The van der Waals surface area contributed by atoms with Gasteiger partial charge in [0.05, 0.1) is 17.7 Å². The first-order valence-corrected chi connectivity index (χ1v) is 9.70. The van der Waals surface area contributed by atoms with Gasteiger partial charge in [0.1, 0.15) is 0 Å². The van der Waals surface area contributed by atoms with Crippen molar-refractivity contribution < 1.29 is 13.9 Å². The van der Waals surface area contributed by atoms with Gasteiger partial charge in [0.2, 0.25) is 11.8 Å². The first-order valence-electron chi connectivity index (χ1n) is 9.70. The molecule has 1 aromatic heterocycles. The summed E-state index contributed by atoms with van der Waals surface area (Å²) >= 11 is 0. The predicted molar refractivity (Wildman–Crippen MR) is 109 cm³/mol. The maximum atomic E-state index is 12.5. The highest BCUT2D eigenvalue weighted by molar-refractivity contribution is 5.96. The van der Waals surface area contributed by atoms with E-state index in [1.807, 2.05) is 25.1 Å². The molecule has 0 bridgehead atoms. The number of benzene rings is 2. The van der Waals surface area contributed by atoms with Crippen molar-refractivity contribution in [2.45, 2.75) is 47.0 Å². The molecule has 0 fully saturated rings. The molecule has 0 spiro atoms. The summed E-state index contributed by atoms with van der Waals surface area (Å²) in [5, 5.41) is 8.40. The maximum Gasteiger partial charge on any atom is 0.338 e. The van der Waals surface area contributed by atoms with Crippen LogP contribution in [-0.4, -0.2) is 22.8 Å². The third kappa shape index (κ3) is 4.14. The molecule has 0 aliphatic heterocycles. The van der Waals surface area contributed by atoms with Gasteiger partial charge in [-0.3, -0.25) is 0 Å². The highest BCUT2D eigenvalue weighted by Crippen LogP contribution is 2.30. The third-order valence-corrected chi connectivity index (χ3v) is 5.07. The van der Waals surface area contributed by atoms with Gasteiger partial charge in [0.25, 0.3) is 0 Å². The lowest BCUT2D eigenvalue weighted by molar-refractivity contribution is 0.0499. The van der Waals surface area contributed by atoms with Crippen LogP contribution in [0.2, 0.25) is 0 Å². The molecule has 0 saturated carbocycles. The summed E-state index contributed by atoms with van der Waals surface area (Å²) in [5.41, 5.74) is 5.46. The topological polar surface area (TPSA) is 65.2 Å². The number of unbranched alkanes of at least 4 members (excludes halogenated alkanes) is 2. The molecular formula is C23H26N2O3. The van der Waals surface area contributed by atoms with Gasteiger partial charge in [-0.25, -0.2) is 4.79 Å². The highest BCUT2D eigenvalue weighted by atomic mass is 16.5. The number of aromatic nitrogens is 2. The minimum atomic E-state index is -0.367. The van der Waals surface area contributed by atoms with Gasteiger partial charge in [-0.15, -0.1) is 10.2 Å². The Labute approximate surface area is 165 Å². The van der Waals surface area contributed by atoms with E-state index in [4.69, 9.17) is 9.15 Å². The van der Waals surface area contributed by atoms with E-state index >= 15 is 0 Å². The molecule has 28 heavy (non-hydrogen) atoms. The lowest BCUT2D eigenvalue weighted by atomic mass is 9.99. The number of hydrogen-bond donors (Lipinski definition) is 0. The van der Waals surface area contributed by atoms with Crippen molar-refractivity contribution in [1.29, 1.82) is 0 Å². The van der Waals surface area contributed by atoms with E-state index in [9.17, 15) is 4.79 Å². The van der Waals surface area contributed by atoms with E-state index in [-0.39, 0.29) is 5.97 Å². The number of hydrogen-bond acceptors (Lipinski definition) is 5. The number of esters is 1. The van der Waals surface area contributed by atoms with Crippen LogP contribution in [0.15, 0.2) is 40.8 Å². The van der Waals surface area contributed by atoms with Gasteiger partial charge in [-0.05, 0) is 62.1 Å². The standard InChI is InChI=1S/C23H26N2O3/c1-5-6-9-14-27-23(26)20-11-8-7-10-19(20)22-25-24-21(28-22)18-13-12-15(2)16(3)17(18)4/h7-8,10-13H,5-6,9,14H2,1-4H3. The Bertz CT molecular complexity index is 976. The average Bonchev–Trinajstić information content (AvgIpc) is 3.19. The van der Waals surface area contributed by atoms with Crippen LogP contribution >= 0.6 is 0 Å². The monoisotopic (exact) mass is 378 g/mol. The van der Waals surface area contributed by atoms with Crippen LogP contribution in [0.5, 0.6) is 0 Å². The second kappa shape index (κ2) is 8.83. The molecule has 0 amide bonds. The molecule has 0 aliphatic rings. The van der Waals surface area contributed by atoms with Crippen LogP contribution in [0.4, 0.5) is 0 Å². The summed E-state index contributed by atoms with van der Waals surface area (Å²) in [6.07, 6.45) is 2.98. The zero-order chi connectivity index (χ0) is 20.1. The summed E-state index contributed by atoms with van der Waals surface area (Å²) in [5.74, 6) is 0.393. The Kier molecular flexibility index (Phi) is 6.24. The summed E-state index contributed by atoms with van der Waals surface area (Å²) in [4.78, 5) is 12.5. The molecule has 5 heteroatoms. The van der Waals surface area contributed by atoms with E-state index in [1.54, 1.807) is 18.2 Å². The normalized spacial score (nSPS) is 10.9. The van der Waals surface area contributed by atoms with Gasteiger partial charge < -0.3 is 9.15 Å². The molecule has 3 rings (SSSR count). The van der Waals surface area contributed by atoms with Crippen molar-refractivity contribution >= 4 is 5.97 Å². The van der Waals surface area contributed by atoms with E-state index in [2.05, 4.69) is 31.0 Å². The quantitative estimate of drug-likeness (QED) is 0.391. The number of carbonyl (C=O) groups excluding carboxylic acids is 1. The Morgan fingerprint density at radius 2 is 1.64 bits per heavy atom. The molecule has 0 saturated heterocycles. The molecule has 146 valence electrons. The fourth-order valence-electron chi connectivity index (χ4n) is 3.07. The first kappa shape index (κ1) is 19.8. The van der Waals surface area contributed by atoms with Gasteiger partial charge in [0.15, 0.2) is 0 Å². The lowest BCUT2D eigenvalue weighted by Gasteiger charge is -2.08. The van der Waals surface area contributed by atoms with E-state index in [0.29, 0.717) is 29.5 Å². The number of aryl methyl sites for hydroxylation is 1. The highest BCUT2D eigenvalue weighted by Gasteiger charge is 2.19. The predicted octanol–water partition coefficient (Wildman–Crippen LogP) is 5.68. The molecule has 3 aromatic rings. The van der Waals surface area contributed by atoms with E-state index < -0.39 is 0 Å². The molecular weight excluding hydrogens is 352 g/mol. The Balaban J connectivity index is 1.88. The molecule has 1 heterocycles. The Hall–Kier alpha value is -2.95. The van der Waals surface area contributed by atoms with Crippen LogP contribution in [0.25, 0.3) is 22.9 Å². The summed E-state index contributed by atoms with van der Waals surface area (Å²) < 4.78 is 11.3. The van der Waals surface area contributed by atoms with Crippen LogP contribution in [0.3, 0.4) is 0 Å². The van der Waals surface area contributed by atoms with E-state index in [1.165, 1.54) is 11.1 Å². The molecule has 0 N–H and O–H groups in total. The Morgan fingerprint density at radius 1 is 0.929 bits per heavy atom.